The molecule has 4 nitrogen and oxygen atoms in total. The fourth-order valence-electron chi connectivity index (χ4n) is 2.07. The zero-order valence-corrected chi connectivity index (χ0v) is 12.5. The summed E-state index contributed by atoms with van der Waals surface area (Å²) in [5, 5.41) is 3.35. The monoisotopic (exact) mass is 304 g/mol. The summed E-state index contributed by atoms with van der Waals surface area (Å²) in [6.45, 7) is 0.407. The van der Waals surface area contributed by atoms with Crippen LogP contribution in [0.4, 0.5) is 5.69 Å². The van der Waals surface area contributed by atoms with Crippen LogP contribution in [0.5, 0.6) is 5.75 Å². The number of carbonyl (C=O) groups excluding carboxylic acids is 1. The highest BCUT2D eigenvalue weighted by Crippen LogP contribution is 2.27. The van der Waals surface area contributed by atoms with Gasteiger partial charge in [0.1, 0.15) is 5.75 Å². The lowest BCUT2D eigenvalue weighted by Crippen LogP contribution is -2.16. The first-order valence-electron chi connectivity index (χ1n) is 6.54. The topological polar surface area (TPSA) is 64.3 Å². The van der Waals surface area contributed by atoms with E-state index in [0.29, 0.717) is 23.0 Å². The number of nitrogens with two attached hydrogens (primary N) is 1. The molecule has 110 valence electrons. The predicted octanol–water partition coefficient (Wildman–Crippen LogP) is 2.99. The number of ether oxygens (including phenoxy) is 1. The number of benzene rings is 2. The lowest BCUT2D eigenvalue weighted by atomic mass is 10.0. The Morgan fingerprint density at radius 2 is 1.95 bits per heavy atom. The fourth-order valence-corrected chi connectivity index (χ4v) is 2.25. The molecule has 0 radical (unpaired) electrons. The standard InChI is InChI=1S/C16H17ClN2O2/c1-21-15-7-6-13(17)9-14(15)19-16(20)8-11-4-2-3-5-12(11)10-18/h2-7,9H,8,10,18H2,1H3,(H,19,20). The minimum Gasteiger partial charge on any atom is -0.495 e. The Labute approximate surface area is 128 Å². The maximum atomic E-state index is 12.2. The van der Waals surface area contributed by atoms with E-state index in [2.05, 4.69) is 5.32 Å². The van der Waals surface area contributed by atoms with E-state index >= 15 is 0 Å². The molecule has 0 heterocycles. The molecule has 0 atom stereocenters. The number of hydrogen-bond acceptors (Lipinski definition) is 3. The Hall–Kier alpha value is -2.04. The summed E-state index contributed by atoms with van der Waals surface area (Å²) in [4.78, 5) is 12.2. The third-order valence-corrected chi connectivity index (χ3v) is 3.36. The molecular formula is C16H17ClN2O2. The fraction of sp³-hybridized carbons (Fsp3) is 0.188. The highest BCUT2D eigenvalue weighted by Gasteiger charge is 2.10. The van der Waals surface area contributed by atoms with Crippen LogP contribution in [0.3, 0.4) is 0 Å². The molecule has 0 aliphatic carbocycles. The van der Waals surface area contributed by atoms with Crippen molar-refractivity contribution in [2.75, 3.05) is 12.4 Å². The van der Waals surface area contributed by atoms with Crippen LogP contribution in [0.1, 0.15) is 11.1 Å². The van der Waals surface area contributed by atoms with Gasteiger partial charge in [0.05, 0.1) is 19.2 Å². The summed E-state index contributed by atoms with van der Waals surface area (Å²) in [5.74, 6) is 0.427. The second-order valence-electron chi connectivity index (χ2n) is 4.54. The van der Waals surface area contributed by atoms with E-state index in [4.69, 9.17) is 22.1 Å². The van der Waals surface area contributed by atoms with E-state index in [1.807, 2.05) is 24.3 Å². The molecule has 0 saturated heterocycles. The van der Waals surface area contributed by atoms with Crippen molar-refractivity contribution in [2.45, 2.75) is 13.0 Å². The number of anilines is 1. The van der Waals surface area contributed by atoms with Crippen LogP contribution in [0.15, 0.2) is 42.5 Å². The Balaban J connectivity index is 2.13. The summed E-state index contributed by atoms with van der Waals surface area (Å²) in [7, 11) is 1.54. The van der Waals surface area contributed by atoms with E-state index in [0.717, 1.165) is 11.1 Å². The number of amides is 1. The van der Waals surface area contributed by atoms with Gasteiger partial charge < -0.3 is 15.8 Å². The van der Waals surface area contributed by atoms with Crippen LogP contribution in [0.25, 0.3) is 0 Å². The highest BCUT2D eigenvalue weighted by molar-refractivity contribution is 6.31. The second kappa shape index (κ2) is 7.11. The Morgan fingerprint density at radius 3 is 2.62 bits per heavy atom. The van der Waals surface area contributed by atoms with Gasteiger partial charge in [0.25, 0.3) is 0 Å². The van der Waals surface area contributed by atoms with Gasteiger partial charge in [-0.15, -0.1) is 0 Å². The maximum Gasteiger partial charge on any atom is 0.228 e. The molecule has 3 N–H and O–H groups in total. The first-order chi connectivity index (χ1) is 10.1. The van der Waals surface area contributed by atoms with Crippen LogP contribution >= 0.6 is 11.6 Å². The van der Waals surface area contributed by atoms with E-state index in [-0.39, 0.29) is 12.3 Å². The summed E-state index contributed by atoms with van der Waals surface area (Å²) in [5.41, 5.74) is 8.11. The van der Waals surface area contributed by atoms with Crippen LogP contribution < -0.4 is 15.8 Å². The van der Waals surface area contributed by atoms with Gasteiger partial charge in [-0.05, 0) is 29.3 Å². The first-order valence-corrected chi connectivity index (χ1v) is 6.92. The van der Waals surface area contributed by atoms with Gasteiger partial charge in [-0.25, -0.2) is 0 Å². The molecule has 1 amide bonds. The number of rotatable bonds is 5. The smallest absolute Gasteiger partial charge is 0.228 e. The van der Waals surface area contributed by atoms with Crippen molar-refractivity contribution in [3.05, 3.63) is 58.6 Å². The van der Waals surface area contributed by atoms with Crippen molar-refractivity contribution < 1.29 is 9.53 Å². The minimum atomic E-state index is -0.142. The zero-order chi connectivity index (χ0) is 15.2. The van der Waals surface area contributed by atoms with Gasteiger partial charge in [-0.1, -0.05) is 35.9 Å². The van der Waals surface area contributed by atoms with Gasteiger partial charge >= 0.3 is 0 Å². The summed E-state index contributed by atoms with van der Waals surface area (Å²) in [6, 6.07) is 12.7. The van der Waals surface area contributed by atoms with Crippen LogP contribution in [0.2, 0.25) is 5.02 Å². The van der Waals surface area contributed by atoms with Crippen LogP contribution in [-0.4, -0.2) is 13.0 Å². The molecule has 2 aromatic carbocycles. The molecule has 2 rings (SSSR count). The Morgan fingerprint density at radius 1 is 1.24 bits per heavy atom. The van der Waals surface area contributed by atoms with E-state index in [1.54, 1.807) is 25.3 Å². The number of carbonyl (C=O) groups is 1. The quantitative estimate of drug-likeness (QED) is 0.892. The molecule has 0 aliphatic rings. The molecule has 0 saturated carbocycles. The average molecular weight is 305 g/mol. The molecule has 2 aromatic rings. The Kier molecular flexibility index (Phi) is 5.20. The van der Waals surface area contributed by atoms with Crippen molar-refractivity contribution in [1.82, 2.24) is 0 Å². The molecule has 0 aliphatic heterocycles. The highest BCUT2D eigenvalue weighted by atomic mass is 35.5. The average Bonchev–Trinajstić information content (AvgIpc) is 2.48. The molecule has 0 unspecified atom stereocenters. The van der Waals surface area contributed by atoms with Gasteiger partial charge in [-0.3, -0.25) is 4.79 Å². The van der Waals surface area contributed by atoms with Gasteiger partial charge in [-0.2, -0.15) is 0 Å². The number of hydrogen-bond donors (Lipinski definition) is 2. The molecule has 0 fully saturated rings. The first kappa shape index (κ1) is 15.4. The SMILES string of the molecule is COc1ccc(Cl)cc1NC(=O)Cc1ccccc1CN. The lowest BCUT2D eigenvalue weighted by Gasteiger charge is -2.12. The van der Waals surface area contributed by atoms with Crippen molar-refractivity contribution >= 4 is 23.2 Å². The molecule has 0 bridgehead atoms. The van der Waals surface area contributed by atoms with Crippen molar-refractivity contribution in [2.24, 2.45) is 5.73 Å². The molecule has 5 heteroatoms. The maximum absolute atomic E-state index is 12.2. The van der Waals surface area contributed by atoms with Gasteiger partial charge in [0, 0.05) is 11.6 Å². The number of methoxy groups -OCH3 is 1. The largest absolute Gasteiger partial charge is 0.495 e. The van der Waals surface area contributed by atoms with Crippen LogP contribution in [0, 0.1) is 0 Å². The summed E-state index contributed by atoms with van der Waals surface area (Å²) < 4.78 is 5.20. The minimum absolute atomic E-state index is 0.142. The molecule has 0 aromatic heterocycles. The normalized spacial score (nSPS) is 10.2. The van der Waals surface area contributed by atoms with Crippen molar-refractivity contribution in [3.63, 3.8) is 0 Å². The zero-order valence-electron chi connectivity index (χ0n) is 11.7. The molecule has 21 heavy (non-hydrogen) atoms. The van der Waals surface area contributed by atoms with Gasteiger partial charge in [0.2, 0.25) is 5.91 Å². The number of nitrogens with one attached hydrogen (secondary N) is 1. The van der Waals surface area contributed by atoms with Crippen molar-refractivity contribution in [1.29, 1.82) is 0 Å². The van der Waals surface area contributed by atoms with E-state index < -0.39 is 0 Å². The summed E-state index contributed by atoms with van der Waals surface area (Å²) in [6.07, 6.45) is 0.253. The Bertz CT molecular complexity index is 644. The summed E-state index contributed by atoms with van der Waals surface area (Å²) >= 11 is 5.94. The van der Waals surface area contributed by atoms with E-state index in [9.17, 15) is 4.79 Å². The third-order valence-electron chi connectivity index (χ3n) is 3.12. The van der Waals surface area contributed by atoms with Crippen LogP contribution in [-0.2, 0) is 17.8 Å². The van der Waals surface area contributed by atoms with Crippen molar-refractivity contribution in [3.8, 4) is 5.75 Å². The second-order valence-corrected chi connectivity index (χ2v) is 4.98. The third kappa shape index (κ3) is 3.97. The van der Waals surface area contributed by atoms with E-state index in [1.165, 1.54) is 0 Å². The number of halogens is 1. The lowest BCUT2D eigenvalue weighted by molar-refractivity contribution is -0.115. The predicted molar refractivity (Wildman–Crippen MR) is 84.7 cm³/mol. The van der Waals surface area contributed by atoms with Gasteiger partial charge in [0.15, 0.2) is 0 Å². The molecular weight excluding hydrogens is 288 g/mol. The molecule has 0 spiro atoms.